The fourth-order valence-corrected chi connectivity index (χ4v) is 2.78. The van der Waals surface area contributed by atoms with Gasteiger partial charge in [0, 0.05) is 0 Å². The van der Waals surface area contributed by atoms with Gasteiger partial charge in [-0.25, -0.2) is 9.69 Å². The molecule has 0 aromatic heterocycles. The Bertz CT molecular complexity index is 716. The fourth-order valence-electron chi connectivity index (χ4n) is 2.78. The Hall–Kier alpha value is -2.56. The van der Waals surface area contributed by atoms with Crippen LogP contribution in [0.15, 0.2) is 18.2 Å². The highest BCUT2D eigenvalue weighted by Crippen LogP contribution is 2.40. The van der Waals surface area contributed by atoms with E-state index in [1.54, 1.807) is 0 Å². The number of halogens is 3. The first-order valence-corrected chi connectivity index (χ1v) is 6.61. The monoisotopic (exact) mass is 308 g/mol. The van der Waals surface area contributed by atoms with Crippen molar-refractivity contribution >= 4 is 17.6 Å². The second-order valence-corrected chi connectivity index (χ2v) is 5.39. The number of urea groups is 1. The van der Waals surface area contributed by atoms with E-state index in [9.17, 15) is 18.0 Å². The summed E-state index contributed by atoms with van der Waals surface area (Å²) in [4.78, 5) is 13.0. The van der Waals surface area contributed by atoms with Gasteiger partial charge >= 0.3 is 12.2 Å². The van der Waals surface area contributed by atoms with Crippen LogP contribution in [0.2, 0.25) is 0 Å². The summed E-state index contributed by atoms with van der Waals surface area (Å²) in [7, 11) is 0. The number of carbonyl (C=O) groups is 1. The molecule has 1 aromatic rings. The van der Waals surface area contributed by atoms with Gasteiger partial charge in [0.2, 0.25) is 0 Å². The molecule has 0 unspecified atom stereocenters. The summed E-state index contributed by atoms with van der Waals surface area (Å²) in [5.41, 5.74) is -2.43. The van der Waals surface area contributed by atoms with Crippen LogP contribution in [0.5, 0.6) is 0 Å². The second-order valence-electron chi connectivity index (χ2n) is 5.39. The first-order valence-electron chi connectivity index (χ1n) is 6.61. The van der Waals surface area contributed by atoms with E-state index >= 15 is 0 Å². The summed E-state index contributed by atoms with van der Waals surface area (Å²) in [5.74, 6) is -0.0402. The Morgan fingerprint density at radius 2 is 2.05 bits per heavy atom. The molecule has 114 valence electrons. The van der Waals surface area contributed by atoms with Gasteiger partial charge in [0.15, 0.2) is 0 Å². The largest absolute Gasteiger partial charge is 0.417 e. The van der Waals surface area contributed by atoms with Gasteiger partial charge in [-0.3, -0.25) is 5.41 Å². The van der Waals surface area contributed by atoms with Crippen molar-refractivity contribution in [2.75, 3.05) is 4.90 Å². The summed E-state index contributed by atoms with van der Waals surface area (Å²) < 4.78 is 39.0. The van der Waals surface area contributed by atoms with Gasteiger partial charge in [0.25, 0.3) is 0 Å². The number of nitrogens with zero attached hydrogens (tertiary/aromatic N) is 2. The molecule has 2 N–H and O–H groups in total. The van der Waals surface area contributed by atoms with Crippen molar-refractivity contribution in [1.29, 1.82) is 10.7 Å². The molecule has 1 aromatic carbocycles. The molecular weight excluding hydrogens is 297 g/mol. The normalized spacial score (nSPS) is 19.8. The number of hydrogen-bond acceptors (Lipinski definition) is 3. The third-order valence-corrected chi connectivity index (χ3v) is 4.12. The summed E-state index contributed by atoms with van der Waals surface area (Å²) >= 11 is 0. The molecule has 8 heteroatoms. The molecular formula is C14H11F3N4O. The number of nitrogens with one attached hydrogen (secondary N) is 2. The summed E-state index contributed by atoms with van der Waals surface area (Å²) in [5, 5.41) is 19.6. The van der Waals surface area contributed by atoms with Crippen molar-refractivity contribution in [1.82, 2.24) is 5.32 Å². The molecule has 1 saturated carbocycles. The average molecular weight is 308 g/mol. The highest BCUT2D eigenvalue weighted by atomic mass is 19.4. The first kappa shape index (κ1) is 14.4. The van der Waals surface area contributed by atoms with Crippen LogP contribution in [0.25, 0.3) is 0 Å². The van der Waals surface area contributed by atoms with Crippen LogP contribution in [-0.4, -0.2) is 17.4 Å². The minimum absolute atomic E-state index is 0.0402. The fraction of sp³-hybridized carbons (Fsp3) is 0.357. The van der Waals surface area contributed by atoms with E-state index < -0.39 is 28.9 Å². The molecule has 1 aliphatic heterocycles. The maximum absolute atomic E-state index is 13.0. The van der Waals surface area contributed by atoms with Crippen molar-refractivity contribution < 1.29 is 18.0 Å². The van der Waals surface area contributed by atoms with Crippen molar-refractivity contribution in [3.8, 4) is 6.07 Å². The molecule has 2 fully saturated rings. The number of carbonyl (C=O) groups excluding carboxylic acids is 1. The molecule has 2 amide bonds. The molecule has 1 saturated heterocycles. The van der Waals surface area contributed by atoms with Gasteiger partial charge in [-0.15, -0.1) is 0 Å². The van der Waals surface area contributed by atoms with Gasteiger partial charge in [-0.2, -0.15) is 18.4 Å². The number of benzene rings is 1. The SMILES string of the molecule is N#Cc1ccc(N2C(=N)C3(CCC3)NC2=O)cc1C(F)(F)F. The standard InChI is InChI=1S/C14H11F3N4O/c15-14(16,17)10-6-9(3-2-8(10)7-18)21-11(19)13(4-1-5-13)20-12(21)22/h2-3,6,19H,1,4-5H2,(H,20,22). The average Bonchev–Trinajstić information content (AvgIpc) is 2.68. The van der Waals surface area contributed by atoms with E-state index in [1.165, 1.54) is 12.1 Å². The number of amides is 2. The predicted octanol–water partition coefficient (Wildman–Crippen LogP) is 3.01. The van der Waals surface area contributed by atoms with Crippen LogP contribution < -0.4 is 10.2 Å². The van der Waals surface area contributed by atoms with Crippen LogP contribution in [0.1, 0.15) is 30.4 Å². The molecule has 3 rings (SSSR count). The number of amidine groups is 1. The van der Waals surface area contributed by atoms with E-state index in [4.69, 9.17) is 10.7 Å². The smallest absolute Gasteiger partial charge is 0.325 e. The van der Waals surface area contributed by atoms with Crippen molar-refractivity contribution in [2.45, 2.75) is 31.0 Å². The lowest BCUT2D eigenvalue weighted by molar-refractivity contribution is -0.137. The van der Waals surface area contributed by atoms with E-state index in [-0.39, 0.29) is 11.5 Å². The van der Waals surface area contributed by atoms with Gasteiger partial charge < -0.3 is 5.32 Å². The molecule has 0 atom stereocenters. The van der Waals surface area contributed by atoms with E-state index in [0.717, 1.165) is 23.5 Å². The number of anilines is 1. The van der Waals surface area contributed by atoms with Crippen LogP contribution >= 0.6 is 0 Å². The summed E-state index contributed by atoms with van der Waals surface area (Å²) in [6, 6.07) is 3.89. The molecule has 22 heavy (non-hydrogen) atoms. The van der Waals surface area contributed by atoms with E-state index in [0.29, 0.717) is 12.8 Å². The first-order chi connectivity index (χ1) is 10.3. The number of nitriles is 1. The topological polar surface area (TPSA) is 80.0 Å². The Labute approximate surface area is 123 Å². The minimum atomic E-state index is -4.70. The maximum Gasteiger partial charge on any atom is 0.417 e. The lowest BCUT2D eigenvalue weighted by Gasteiger charge is -2.37. The summed E-state index contributed by atoms with van der Waals surface area (Å²) in [6.45, 7) is 0. The Kier molecular flexibility index (Phi) is 2.92. The molecule has 0 bridgehead atoms. The van der Waals surface area contributed by atoms with Gasteiger partial charge in [-0.1, -0.05) is 0 Å². The Balaban J connectivity index is 2.04. The molecule has 1 aliphatic carbocycles. The second kappa shape index (κ2) is 4.47. The third-order valence-electron chi connectivity index (χ3n) is 4.12. The number of hydrogen-bond donors (Lipinski definition) is 2. The molecule has 1 spiro atoms. The quantitative estimate of drug-likeness (QED) is 0.836. The Morgan fingerprint density at radius 1 is 1.36 bits per heavy atom. The third kappa shape index (κ3) is 1.93. The van der Waals surface area contributed by atoms with E-state index in [2.05, 4.69) is 5.32 Å². The lowest BCUT2D eigenvalue weighted by Crippen LogP contribution is -2.52. The minimum Gasteiger partial charge on any atom is -0.325 e. The molecule has 0 radical (unpaired) electrons. The zero-order valence-electron chi connectivity index (χ0n) is 11.3. The highest BCUT2D eigenvalue weighted by molar-refractivity contribution is 6.24. The Morgan fingerprint density at radius 3 is 2.50 bits per heavy atom. The highest BCUT2D eigenvalue weighted by Gasteiger charge is 2.52. The maximum atomic E-state index is 13.0. The van der Waals surface area contributed by atoms with Gasteiger partial charge in [-0.05, 0) is 37.5 Å². The molecule has 1 heterocycles. The van der Waals surface area contributed by atoms with Crippen LogP contribution in [0, 0.1) is 16.7 Å². The van der Waals surface area contributed by atoms with Crippen LogP contribution in [0.4, 0.5) is 23.7 Å². The molecule has 5 nitrogen and oxygen atoms in total. The zero-order chi connectivity index (χ0) is 16.1. The van der Waals surface area contributed by atoms with E-state index in [1.807, 2.05) is 0 Å². The predicted molar refractivity (Wildman–Crippen MR) is 71.5 cm³/mol. The van der Waals surface area contributed by atoms with Crippen LogP contribution in [0.3, 0.4) is 0 Å². The zero-order valence-corrected chi connectivity index (χ0v) is 11.3. The number of rotatable bonds is 1. The van der Waals surface area contributed by atoms with Gasteiger partial charge in [0.1, 0.15) is 5.84 Å². The van der Waals surface area contributed by atoms with Crippen molar-refractivity contribution in [3.63, 3.8) is 0 Å². The summed E-state index contributed by atoms with van der Waals surface area (Å²) in [6.07, 6.45) is -2.63. The molecule has 2 aliphatic rings. The van der Waals surface area contributed by atoms with Gasteiger partial charge in [0.05, 0.1) is 28.4 Å². The van der Waals surface area contributed by atoms with Crippen LogP contribution in [-0.2, 0) is 6.18 Å². The van der Waals surface area contributed by atoms with Crippen molar-refractivity contribution in [2.24, 2.45) is 0 Å². The lowest BCUT2D eigenvalue weighted by atomic mass is 9.76. The number of alkyl halides is 3. The van der Waals surface area contributed by atoms with Crippen molar-refractivity contribution in [3.05, 3.63) is 29.3 Å².